The zero-order valence-corrected chi connectivity index (χ0v) is 14.7. The van der Waals surface area contributed by atoms with Crippen LogP contribution in [0.5, 0.6) is 5.75 Å². The molecule has 1 aliphatic carbocycles. The van der Waals surface area contributed by atoms with E-state index < -0.39 is 0 Å². The molecule has 1 fully saturated rings. The lowest BCUT2D eigenvalue weighted by molar-refractivity contribution is 0.304. The van der Waals surface area contributed by atoms with Crippen LogP contribution in [-0.2, 0) is 6.61 Å². The zero-order chi connectivity index (χ0) is 17.5. The number of fused-ring (bicyclic) bond motifs is 1. The molecule has 0 atom stereocenters. The van der Waals surface area contributed by atoms with Gasteiger partial charge >= 0.3 is 0 Å². The van der Waals surface area contributed by atoms with Crippen LogP contribution in [0.25, 0.3) is 16.7 Å². The summed E-state index contributed by atoms with van der Waals surface area (Å²) in [4.78, 5) is 24.7. The molecule has 5 rings (SSSR count). The van der Waals surface area contributed by atoms with Crippen molar-refractivity contribution in [3.8, 4) is 11.4 Å². The molecule has 3 aromatic heterocycles. The normalized spacial score (nSPS) is 14.0. The Hall–Kier alpha value is -2.93. The van der Waals surface area contributed by atoms with Crippen LogP contribution in [0.4, 0.5) is 0 Å². The van der Waals surface area contributed by atoms with E-state index in [-0.39, 0.29) is 5.56 Å². The Balaban J connectivity index is 1.42. The van der Waals surface area contributed by atoms with Gasteiger partial charge < -0.3 is 9.72 Å². The van der Waals surface area contributed by atoms with Gasteiger partial charge in [-0.1, -0.05) is 0 Å². The Labute approximate surface area is 153 Å². The van der Waals surface area contributed by atoms with Gasteiger partial charge in [0.15, 0.2) is 0 Å². The van der Waals surface area contributed by atoms with Crippen LogP contribution >= 0.6 is 11.3 Å². The van der Waals surface area contributed by atoms with Crippen LogP contribution in [0.2, 0.25) is 0 Å². The fourth-order valence-electron chi connectivity index (χ4n) is 2.95. The predicted octanol–water partition coefficient (Wildman–Crippen LogP) is 3.63. The number of hydrogen-bond acceptors (Lipinski definition) is 5. The molecule has 1 saturated carbocycles. The van der Waals surface area contributed by atoms with Gasteiger partial charge in [-0.25, -0.2) is 9.97 Å². The van der Waals surface area contributed by atoms with Crippen molar-refractivity contribution in [2.24, 2.45) is 0 Å². The Morgan fingerprint density at radius 3 is 2.96 bits per heavy atom. The van der Waals surface area contributed by atoms with Gasteiger partial charge in [0, 0.05) is 29.8 Å². The van der Waals surface area contributed by atoms with Crippen LogP contribution in [0.15, 0.2) is 52.9 Å². The first-order chi connectivity index (χ1) is 12.8. The van der Waals surface area contributed by atoms with Crippen molar-refractivity contribution in [2.75, 3.05) is 0 Å². The van der Waals surface area contributed by atoms with Crippen LogP contribution < -0.4 is 10.3 Å². The van der Waals surface area contributed by atoms with Gasteiger partial charge in [-0.2, -0.15) is 0 Å². The molecule has 0 unspecified atom stereocenters. The zero-order valence-electron chi connectivity index (χ0n) is 13.9. The Morgan fingerprint density at radius 2 is 2.19 bits per heavy atom. The van der Waals surface area contributed by atoms with Crippen molar-refractivity contribution in [3.63, 3.8) is 0 Å². The minimum atomic E-state index is -0.136. The number of benzene rings is 1. The smallest absolute Gasteiger partial charge is 0.258 e. The van der Waals surface area contributed by atoms with Crippen LogP contribution in [0.1, 0.15) is 29.6 Å². The average Bonchev–Trinajstić information content (AvgIpc) is 3.20. The third kappa shape index (κ3) is 2.90. The quantitative estimate of drug-likeness (QED) is 0.587. The Kier molecular flexibility index (Phi) is 3.60. The Bertz CT molecular complexity index is 1130. The number of imidazole rings is 1. The third-order valence-corrected chi connectivity index (χ3v) is 5.22. The molecule has 0 radical (unpaired) electrons. The molecular weight excluding hydrogens is 348 g/mol. The first kappa shape index (κ1) is 15.3. The predicted molar refractivity (Wildman–Crippen MR) is 100 cm³/mol. The summed E-state index contributed by atoms with van der Waals surface area (Å²) in [7, 11) is 0. The number of thiazole rings is 1. The van der Waals surface area contributed by atoms with Gasteiger partial charge in [-0.05, 0) is 37.1 Å². The van der Waals surface area contributed by atoms with Crippen molar-refractivity contribution >= 4 is 22.4 Å². The van der Waals surface area contributed by atoms with Crippen molar-refractivity contribution in [1.82, 2.24) is 19.5 Å². The lowest BCUT2D eigenvalue weighted by Gasteiger charge is -2.08. The monoisotopic (exact) mass is 364 g/mol. The number of nitrogens with zero attached hydrogens (tertiary/aromatic N) is 3. The van der Waals surface area contributed by atoms with E-state index in [4.69, 9.17) is 4.74 Å². The second kappa shape index (κ2) is 6.10. The molecule has 0 saturated heterocycles. The summed E-state index contributed by atoms with van der Waals surface area (Å²) in [5, 5.41) is 2.78. The van der Waals surface area contributed by atoms with Crippen molar-refractivity contribution < 1.29 is 4.74 Å². The third-order valence-electron chi connectivity index (χ3n) is 4.46. The largest absolute Gasteiger partial charge is 0.486 e. The number of hydrogen-bond donors (Lipinski definition) is 1. The van der Waals surface area contributed by atoms with Crippen LogP contribution in [-0.4, -0.2) is 19.5 Å². The maximum atomic E-state index is 12.5. The van der Waals surface area contributed by atoms with E-state index in [0.717, 1.165) is 27.6 Å². The molecule has 26 heavy (non-hydrogen) atoms. The standard InChI is InChI=1S/C19H16N4O2S/c24-18-10-14(25-11-17-20-6-8-26-17)5-7-23(18)13-3-4-15-16(9-13)22-19(21-15)12-1-2-12/h3-10,12H,1-2,11H2,(H,21,22). The number of rotatable bonds is 5. The number of H-pyrrole nitrogens is 1. The minimum Gasteiger partial charge on any atom is -0.486 e. The molecule has 1 aromatic carbocycles. The molecule has 4 aromatic rings. The number of nitrogens with one attached hydrogen (secondary N) is 1. The molecule has 7 heteroatoms. The van der Waals surface area contributed by atoms with Crippen molar-refractivity contribution in [1.29, 1.82) is 0 Å². The van der Waals surface area contributed by atoms with E-state index in [1.807, 2.05) is 23.6 Å². The molecule has 0 amide bonds. The second-order valence-corrected chi connectivity index (χ2v) is 7.36. The summed E-state index contributed by atoms with van der Waals surface area (Å²) in [5.41, 5.74) is 2.57. The average molecular weight is 364 g/mol. The van der Waals surface area contributed by atoms with Crippen LogP contribution in [0.3, 0.4) is 0 Å². The molecule has 130 valence electrons. The van der Waals surface area contributed by atoms with E-state index in [1.165, 1.54) is 30.2 Å². The van der Waals surface area contributed by atoms with Crippen molar-refractivity contribution in [3.05, 3.63) is 69.3 Å². The van der Waals surface area contributed by atoms with E-state index in [1.54, 1.807) is 23.0 Å². The van der Waals surface area contributed by atoms with E-state index >= 15 is 0 Å². The molecule has 0 bridgehead atoms. The highest BCUT2D eigenvalue weighted by Crippen LogP contribution is 2.39. The highest BCUT2D eigenvalue weighted by atomic mass is 32.1. The topological polar surface area (TPSA) is 72.8 Å². The summed E-state index contributed by atoms with van der Waals surface area (Å²) in [6, 6.07) is 9.12. The summed E-state index contributed by atoms with van der Waals surface area (Å²) in [6.07, 6.45) is 5.88. The van der Waals surface area contributed by atoms with Gasteiger partial charge in [0.1, 0.15) is 23.2 Å². The first-order valence-corrected chi connectivity index (χ1v) is 9.38. The molecule has 1 aliphatic rings. The van der Waals surface area contributed by atoms with Gasteiger partial charge in [0.05, 0.1) is 16.7 Å². The van der Waals surface area contributed by atoms with Gasteiger partial charge in [-0.3, -0.25) is 9.36 Å². The highest BCUT2D eigenvalue weighted by Gasteiger charge is 2.26. The molecule has 0 aliphatic heterocycles. The van der Waals surface area contributed by atoms with E-state index in [9.17, 15) is 4.79 Å². The number of pyridine rings is 1. The molecule has 1 N–H and O–H groups in total. The lowest BCUT2D eigenvalue weighted by Crippen LogP contribution is -2.16. The molecular formula is C19H16N4O2S. The number of ether oxygens (including phenoxy) is 1. The minimum absolute atomic E-state index is 0.136. The second-order valence-electron chi connectivity index (χ2n) is 6.38. The number of aromatic nitrogens is 4. The summed E-state index contributed by atoms with van der Waals surface area (Å²) >= 11 is 1.53. The lowest BCUT2D eigenvalue weighted by atomic mass is 10.2. The number of aromatic amines is 1. The maximum absolute atomic E-state index is 12.5. The van der Waals surface area contributed by atoms with Gasteiger partial charge in [0.2, 0.25) is 0 Å². The fourth-order valence-corrected chi connectivity index (χ4v) is 3.48. The van der Waals surface area contributed by atoms with Crippen molar-refractivity contribution in [2.45, 2.75) is 25.4 Å². The van der Waals surface area contributed by atoms with Gasteiger partial charge in [-0.15, -0.1) is 11.3 Å². The summed E-state index contributed by atoms with van der Waals surface area (Å²) in [6.45, 7) is 0.366. The maximum Gasteiger partial charge on any atom is 0.258 e. The van der Waals surface area contributed by atoms with Gasteiger partial charge in [0.25, 0.3) is 5.56 Å². The fraction of sp³-hybridized carbons (Fsp3) is 0.211. The molecule has 0 spiro atoms. The molecule has 3 heterocycles. The van der Waals surface area contributed by atoms with E-state index in [2.05, 4.69) is 15.0 Å². The Morgan fingerprint density at radius 1 is 1.27 bits per heavy atom. The summed E-state index contributed by atoms with van der Waals surface area (Å²) < 4.78 is 7.25. The van der Waals surface area contributed by atoms with Crippen LogP contribution in [0, 0.1) is 0 Å². The highest BCUT2D eigenvalue weighted by molar-refractivity contribution is 7.09. The van der Waals surface area contributed by atoms with E-state index in [0.29, 0.717) is 18.3 Å². The SMILES string of the molecule is O=c1cc(OCc2nccs2)ccn1-c1ccc2nc(C3CC3)[nH]c2c1. The first-order valence-electron chi connectivity index (χ1n) is 8.50. The summed E-state index contributed by atoms with van der Waals surface area (Å²) in [5.74, 6) is 2.17. The molecule has 6 nitrogen and oxygen atoms in total.